The summed E-state index contributed by atoms with van der Waals surface area (Å²) in [6, 6.07) is 8.00. The highest BCUT2D eigenvalue weighted by Crippen LogP contribution is 2.33. The van der Waals surface area contributed by atoms with Gasteiger partial charge in [-0.25, -0.2) is 4.68 Å². The average Bonchev–Trinajstić information content (AvgIpc) is 3.43. The van der Waals surface area contributed by atoms with E-state index >= 15 is 0 Å². The summed E-state index contributed by atoms with van der Waals surface area (Å²) < 4.78 is 14.8. The molecule has 1 fully saturated rings. The Morgan fingerprint density at radius 1 is 1.26 bits per heavy atom. The first-order chi connectivity index (χ1) is 16.4. The molecule has 3 aromatic rings. The van der Waals surface area contributed by atoms with Gasteiger partial charge in [0.1, 0.15) is 17.3 Å². The van der Waals surface area contributed by atoms with Gasteiger partial charge in [0.05, 0.1) is 36.5 Å². The van der Waals surface area contributed by atoms with Crippen LogP contribution in [0.2, 0.25) is 0 Å². The van der Waals surface area contributed by atoms with Crippen LogP contribution in [0.25, 0.3) is 11.3 Å². The Hall–Kier alpha value is -3.35. The first kappa shape index (κ1) is 23.8. The molecule has 0 radical (unpaired) electrons. The number of rotatable bonds is 8. The minimum atomic E-state index is -0.463. The van der Waals surface area contributed by atoms with E-state index in [1.165, 1.54) is 19.4 Å². The summed E-state index contributed by atoms with van der Waals surface area (Å²) in [7, 11) is 3.58. The number of methoxy groups -OCH3 is 1. The molecule has 180 valence electrons. The number of piperazine rings is 1. The molecule has 12 heteroatoms. The molecule has 0 atom stereocenters. The quantitative estimate of drug-likeness (QED) is 0.207. The zero-order chi connectivity index (χ0) is 24.2. The lowest BCUT2D eigenvalue weighted by Gasteiger charge is -2.31. The molecule has 0 amide bonds. The van der Waals surface area contributed by atoms with Crippen LogP contribution >= 0.6 is 12.2 Å². The van der Waals surface area contributed by atoms with Crippen LogP contribution in [0.5, 0.6) is 5.75 Å². The highest BCUT2D eigenvalue weighted by Gasteiger charge is 2.20. The number of ether oxygens (including phenoxy) is 1. The molecule has 11 nitrogen and oxygen atoms in total. The Morgan fingerprint density at radius 3 is 2.71 bits per heavy atom. The number of hydrogen-bond acceptors (Lipinski definition) is 9. The molecule has 1 aromatic carbocycles. The van der Waals surface area contributed by atoms with Gasteiger partial charge in [-0.1, -0.05) is 6.92 Å². The van der Waals surface area contributed by atoms with E-state index in [4.69, 9.17) is 21.4 Å². The molecule has 0 saturated carbocycles. The Balaban J connectivity index is 1.56. The number of nitro groups is 1. The molecule has 0 N–H and O–H groups in total. The maximum atomic E-state index is 11.5. The molecule has 0 unspecified atom stereocenters. The van der Waals surface area contributed by atoms with Crippen LogP contribution in [0.1, 0.15) is 18.5 Å². The van der Waals surface area contributed by atoms with E-state index in [1.54, 1.807) is 33.6 Å². The molecule has 34 heavy (non-hydrogen) atoms. The van der Waals surface area contributed by atoms with Crippen molar-refractivity contribution in [3.05, 3.63) is 56.8 Å². The molecule has 0 spiro atoms. The Kier molecular flexibility index (Phi) is 7.20. The van der Waals surface area contributed by atoms with Crippen molar-refractivity contribution in [3.8, 4) is 17.1 Å². The first-order valence-electron chi connectivity index (χ1n) is 11.0. The molecule has 1 aliphatic rings. The van der Waals surface area contributed by atoms with Gasteiger partial charge < -0.3 is 14.1 Å². The predicted octanol–water partition coefficient (Wildman–Crippen LogP) is 3.24. The van der Waals surface area contributed by atoms with Gasteiger partial charge in [0.25, 0.3) is 5.69 Å². The number of furan rings is 1. The molecule has 0 bridgehead atoms. The van der Waals surface area contributed by atoms with Crippen molar-refractivity contribution in [1.82, 2.24) is 24.3 Å². The van der Waals surface area contributed by atoms with E-state index in [-0.39, 0.29) is 5.69 Å². The third-order valence-electron chi connectivity index (χ3n) is 5.72. The number of benzene rings is 1. The van der Waals surface area contributed by atoms with E-state index in [1.807, 2.05) is 6.92 Å². The minimum absolute atomic E-state index is 0.0992. The van der Waals surface area contributed by atoms with Crippen molar-refractivity contribution in [2.24, 2.45) is 5.10 Å². The molecular weight excluding hydrogens is 458 g/mol. The zero-order valence-corrected chi connectivity index (χ0v) is 20.2. The van der Waals surface area contributed by atoms with Crippen LogP contribution in [-0.2, 0) is 13.1 Å². The van der Waals surface area contributed by atoms with Gasteiger partial charge in [-0.3, -0.25) is 15.0 Å². The van der Waals surface area contributed by atoms with Gasteiger partial charge in [-0.05, 0) is 43.5 Å². The van der Waals surface area contributed by atoms with E-state index < -0.39 is 4.92 Å². The maximum Gasteiger partial charge on any atom is 0.284 e. The van der Waals surface area contributed by atoms with Crippen molar-refractivity contribution >= 4 is 24.1 Å². The van der Waals surface area contributed by atoms with Gasteiger partial charge >= 0.3 is 0 Å². The lowest BCUT2D eigenvalue weighted by molar-refractivity contribution is -0.384. The van der Waals surface area contributed by atoms with Crippen LogP contribution in [0.4, 0.5) is 5.69 Å². The normalized spacial score (nSPS) is 15.3. The Labute approximate surface area is 202 Å². The van der Waals surface area contributed by atoms with E-state index in [0.29, 0.717) is 40.7 Å². The first-order valence-corrected chi connectivity index (χ1v) is 11.4. The lowest BCUT2D eigenvalue weighted by atomic mass is 10.1. The Bertz CT molecular complexity index is 1250. The lowest BCUT2D eigenvalue weighted by Crippen LogP contribution is -2.45. The monoisotopic (exact) mass is 485 g/mol. The van der Waals surface area contributed by atoms with Gasteiger partial charge in [-0.15, -0.1) is 0 Å². The molecule has 1 saturated heterocycles. The summed E-state index contributed by atoms with van der Waals surface area (Å²) in [5.41, 5.74) is 0.258. The smallest absolute Gasteiger partial charge is 0.284 e. The maximum absolute atomic E-state index is 11.5. The fraction of sp³-hybridized carbons (Fsp3) is 0.409. The second-order valence-electron chi connectivity index (χ2n) is 8.01. The Morgan fingerprint density at radius 2 is 2.03 bits per heavy atom. The fourth-order valence-electron chi connectivity index (χ4n) is 3.73. The second kappa shape index (κ2) is 10.3. The summed E-state index contributed by atoms with van der Waals surface area (Å²) in [5, 5.41) is 20.6. The van der Waals surface area contributed by atoms with Crippen molar-refractivity contribution in [1.29, 1.82) is 0 Å². The SMILES string of the molecule is CCc1nn(CN2CCN(C)CC2)c(=S)n1/N=C/c1ccc(-c2ccc(OC)cc2[N+](=O)[O-])o1. The number of aromatic nitrogens is 3. The van der Waals surface area contributed by atoms with E-state index in [0.717, 1.165) is 32.0 Å². The number of hydrogen-bond donors (Lipinski definition) is 0. The summed E-state index contributed by atoms with van der Waals surface area (Å²) in [6.45, 7) is 6.57. The molecule has 2 aromatic heterocycles. The third kappa shape index (κ3) is 5.08. The topological polar surface area (TPSA) is 107 Å². The third-order valence-corrected chi connectivity index (χ3v) is 6.11. The number of likely N-dealkylation sites (N-methyl/N-ethyl adjacent to an activating group) is 1. The molecule has 4 rings (SSSR count). The predicted molar refractivity (Wildman–Crippen MR) is 130 cm³/mol. The molecule has 3 heterocycles. The van der Waals surface area contributed by atoms with E-state index in [9.17, 15) is 10.1 Å². The molecule has 0 aliphatic carbocycles. The summed E-state index contributed by atoms with van der Waals surface area (Å²) >= 11 is 5.63. The van der Waals surface area contributed by atoms with Crippen LogP contribution in [-0.4, -0.2) is 75.7 Å². The van der Waals surface area contributed by atoms with Gasteiger partial charge in [-0.2, -0.15) is 14.9 Å². The summed E-state index contributed by atoms with van der Waals surface area (Å²) in [4.78, 5) is 15.7. The minimum Gasteiger partial charge on any atom is -0.497 e. The van der Waals surface area contributed by atoms with Crippen LogP contribution < -0.4 is 4.74 Å². The zero-order valence-electron chi connectivity index (χ0n) is 19.4. The van der Waals surface area contributed by atoms with E-state index in [2.05, 4.69) is 27.0 Å². The number of nitrogens with zero attached hydrogens (tertiary/aromatic N) is 7. The summed E-state index contributed by atoms with van der Waals surface area (Å²) in [6.07, 6.45) is 2.20. The van der Waals surface area contributed by atoms with Gasteiger partial charge in [0.15, 0.2) is 5.82 Å². The van der Waals surface area contributed by atoms with Gasteiger partial charge in [0.2, 0.25) is 4.77 Å². The number of nitro benzene ring substituents is 1. The van der Waals surface area contributed by atoms with Crippen LogP contribution in [0.3, 0.4) is 0 Å². The standard InChI is InChI=1S/C22H27N7O4S/c1-4-21-24-27(15-26-11-9-25(2)10-12-26)22(34)28(21)23-14-17-6-8-20(33-17)18-7-5-16(32-3)13-19(18)29(30)31/h5-8,13-14H,4,9-12,15H2,1-3H3/b23-14+. The van der Waals surface area contributed by atoms with Gasteiger partial charge in [0, 0.05) is 32.6 Å². The summed E-state index contributed by atoms with van der Waals surface area (Å²) in [5.74, 6) is 1.95. The van der Waals surface area contributed by atoms with Crippen LogP contribution in [0, 0.1) is 14.9 Å². The van der Waals surface area contributed by atoms with Crippen molar-refractivity contribution in [2.45, 2.75) is 20.0 Å². The largest absolute Gasteiger partial charge is 0.497 e. The van der Waals surface area contributed by atoms with Crippen molar-refractivity contribution in [2.75, 3.05) is 40.3 Å². The van der Waals surface area contributed by atoms with Crippen molar-refractivity contribution < 1.29 is 14.1 Å². The fourth-order valence-corrected chi connectivity index (χ4v) is 3.98. The molecule has 1 aliphatic heterocycles. The second-order valence-corrected chi connectivity index (χ2v) is 8.38. The highest BCUT2D eigenvalue weighted by atomic mass is 32.1. The van der Waals surface area contributed by atoms with Crippen molar-refractivity contribution in [3.63, 3.8) is 0 Å². The van der Waals surface area contributed by atoms with Crippen LogP contribution in [0.15, 0.2) is 39.9 Å². The highest BCUT2D eigenvalue weighted by molar-refractivity contribution is 7.71. The average molecular weight is 486 g/mol. The molecular formula is C22H27N7O4S. The number of aryl methyl sites for hydroxylation is 1.